The van der Waals surface area contributed by atoms with Crippen LogP contribution in [0, 0.1) is 12.8 Å². The number of likely N-dealkylation sites (tertiary alicyclic amines) is 1. The van der Waals surface area contributed by atoms with Crippen molar-refractivity contribution in [1.82, 2.24) is 19.7 Å². The van der Waals surface area contributed by atoms with Crippen LogP contribution in [0.3, 0.4) is 0 Å². The van der Waals surface area contributed by atoms with E-state index in [4.69, 9.17) is 10.1 Å². The van der Waals surface area contributed by atoms with Gasteiger partial charge in [-0.15, -0.1) is 5.10 Å². The van der Waals surface area contributed by atoms with Gasteiger partial charge < -0.3 is 14.9 Å². The maximum atomic E-state index is 10.8. The van der Waals surface area contributed by atoms with E-state index < -0.39 is 0 Å². The third-order valence-corrected chi connectivity index (χ3v) is 7.85. The molecule has 162 valence electrons. The second-order valence-corrected chi connectivity index (χ2v) is 9.92. The van der Waals surface area contributed by atoms with Gasteiger partial charge in [0.15, 0.2) is 10.3 Å². The zero-order chi connectivity index (χ0) is 20.7. The SMILES string of the molecule is Cc1ccc(C2CN3N=C(N4CCC(C(O)N5CCN(C)CC5)CC4)SC3=N2)cc1. The minimum Gasteiger partial charge on any atom is -0.378 e. The van der Waals surface area contributed by atoms with Crippen LogP contribution in [0.15, 0.2) is 34.4 Å². The molecular weight excluding hydrogens is 396 g/mol. The van der Waals surface area contributed by atoms with Crippen LogP contribution in [0.5, 0.6) is 0 Å². The number of benzene rings is 1. The molecule has 0 bridgehead atoms. The molecule has 8 heteroatoms. The van der Waals surface area contributed by atoms with Gasteiger partial charge in [-0.05, 0) is 44.1 Å². The Labute approximate surface area is 183 Å². The number of piperidine rings is 1. The number of fused-ring (bicyclic) bond motifs is 1. The zero-order valence-electron chi connectivity index (χ0n) is 17.9. The normalized spacial score (nSPS) is 27.2. The molecule has 1 aromatic carbocycles. The Kier molecular flexibility index (Phi) is 5.75. The first-order valence-corrected chi connectivity index (χ1v) is 11.9. The highest BCUT2D eigenvalue weighted by Gasteiger charge is 2.37. The van der Waals surface area contributed by atoms with Crippen LogP contribution >= 0.6 is 11.8 Å². The third kappa shape index (κ3) is 4.10. The number of hydrazone groups is 1. The van der Waals surface area contributed by atoms with Crippen LogP contribution in [0.4, 0.5) is 0 Å². The van der Waals surface area contributed by atoms with Gasteiger partial charge in [0.1, 0.15) is 6.23 Å². The summed E-state index contributed by atoms with van der Waals surface area (Å²) in [4.78, 5) is 11.9. The largest absolute Gasteiger partial charge is 0.378 e. The number of aliphatic hydroxyl groups excluding tert-OH is 1. The highest BCUT2D eigenvalue weighted by atomic mass is 32.2. The van der Waals surface area contributed by atoms with E-state index in [0.29, 0.717) is 5.92 Å². The molecule has 1 aromatic rings. The lowest BCUT2D eigenvalue weighted by Gasteiger charge is -2.41. The Morgan fingerprint density at radius 3 is 2.37 bits per heavy atom. The summed E-state index contributed by atoms with van der Waals surface area (Å²) in [7, 11) is 2.15. The molecule has 4 aliphatic rings. The smallest absolute Gasteiger partial charge is 0.191 e. The second kappa shape index (κ2) is 8.49. The topological polar surface area (TPSA) is 57.9 Å². The summed E-state index contributed by atoms with van der Waals surface area (Å²) in [5.41, 5.74) is 2.54. The molecule has 0 saturated carbocycles. The van der Waals surface area contributed by atoms with E-state index in [2.05, 4.69) is 57.9 Å². The Balaban J connectivity index is 1.13. The van der Waals surface area contributed by atoms with Gasteiger partial charge in [0.05, 0.1) is 12.6 Å². The molecule has 2 saturated heterocycles. The summed E-state index contributed by atoms with van der Waals surface area (Å²) in [6, 6.07) is 8.85. The minimum atomic E-state index is -0.304. The fraction of sp³-hybridized carbons (Fsp3) is 0.636. The first-order valence-electron chi connectivity index (χ1n) is 11.1. The maximum Gasteiger partial charge on any atom is 0.191 e. The van der Waals surface area contributed by atoms with Gasteiger partial charge in [-0.3, -0.25) is 9.89 Å². The molecule has 2 atom stereocenters. The van der Waals surface area contributed by atoms with Crippen molar-refractivity contribution < 1.29 is 5.11 Å². The van der Waals surface area contributed by atoms with Crippen molar-refractivity contribution >= 4 is 22.1 Å². The predicted octanol–water partition coefficient (Wildman–Crippen LogP) is 2.00. The Hall–Kier alpha value is -1.61. The second-order valence-electron chi connectivity index (χ2n) is 8.98. The average Bonchev–Trinajstić information content (AvgIpc) is 3.34. The molecule has 0 amide bonds. The standard InChI is InChI=1S/C22H32N6OS/c1-16-3-5-17(6-4-16)19-15-28-21(23-19)30-22(24-28)27-9-7-18(8-10-27)20(29)26-13-11-25(2)12-14-26/h3-6,18-20,29H,7-15H2,1-2H3. The van der Waals surface area contributed by atoms with Crippen molar-refractivity contribution in [3.63, 3.8) is 0 Å². The number of aliphatic hydroxyl groups is 1. The summed E-state index contributed by atoms with van der Waals surface area (Å²) in [5, 5.41) is 19.9. The van der Waals surface area contributed by atoms with Gasteiger partial charge in [-0.1, -0.05) is 29.8 Å². The molecule has 4 aliphatic heterocycles. The maximum absolute atomic E-state index is 10.8. The predicted molar refractivity (Wildman–Crippen MR) is 122 cm³/mol. The number of piperazine rings is 1. The highest BCUT2D eigenvalue weighted by Crippen LogP contribution is 2.35. The number of thioether (sulfide) groups is 1. The van der Waals surface area contributed by atoms with Crippen LogP contribution in [0.2, 0.25) is 0 Å². The Morgan fingerprint density at radius 1 is 1.00 bits per heavy atom. The van der Waals surface area contributed by atoms with Crippen LogP contribution < -0.4 is 0 Å². The van der Waals surface area contributed by atoms with Gasteiger partial charge in [0.25, 0.3) is 0 Å². The lowest BCUT2D eigenvalue weighted by molar-refractivity contribution is -0.0695. The first kappa shape index (κ1) is 20.3. The number of likely N-dealkylation sites (N-methyl/N-ethyl adjacent to an activating group) is 1. The van der Waals surface area contributed by atoms with E-state index in [1.807, 2.05) is 0 Å². The molecule has 0 aromatic heterocycles. The zero-order valence-corrected chi connectivity index (χ0v) is 18.8. The molecule has 0 radical (unpaired) electrons. The van der Waals surface area contributed by atoms with E-state index in [9.17, 15) is 5.11 Å². The Morgan fingerprint density at radius 2 is 1.70 bits per heavy atom. The molecule has 0 spiro atoms. The summed E-state index contributed by atoms with van der Waals surface area (Å²) in [5.74, 6) is 0.361. The van der Waals surface area contributed by atoms with Crippen LogP contribution in [0.1, 0.15) is 30.0 Å². The summed E-state index contributed by atoms with van der Waals surface area (Å²) < 4.78 is 0. The van der Waals surface area contributed by atoms with E-state index >= 15 is 0 Å². The number of aliphatic imine (C=N–C) groups is 1. The first-order chi connectivity index (χ1) is 14.6. The monoisotopic (exact) mass is 428 g/mol. The molecule has 2 fully saturated rings. The summed E-state index contributed by atoms with van der Waals surface area (Å²) >= 11 is 1.70. The number of nitrogens with zero attached hydrogens (tertiary/aromatic N) is 6. The molecule has 0 aliphatic carbocycles. The molecule has 4 heterocycles. The lowest BCUT2D eigenvalue weighted by Crippen LogP contribution is -2.53. The number of amidine groups is 2. The molecule has 7 nitrogen and oxygen atoms in total. The lowest BCUT2D eigenvalue weighted by atomic mass is 9.94. The van der Waals surface area contributed by atoms with Crippen molar-refractivity contribution in [2.45, 2.75) is 32.0 Å². The summed E-state index contributed by atoms with van der Waals surface area (Å²) in [6.07, 6.45) is 1.73. The van der Waals surface area contributed by atoms with Gasteiger partial charge in [-0.25, -0.2) is 5.01 Å². The van der Waals surface area contributed by atoms with Crippen molar-refractivity contribution in [2.75, 3.05) is 52.9 Å². The number of hydrogen-bond acceptors (Lipinski definition) is 8. The van der Waals surface area contributed by atoms with Crippen molar-refractivity contribution in [1.29, 1.82) is 0 Å². The molecule has 5 rings (SSSR count). The van der Waals surface area contributed by atoms with E-state index in [1.54, 1.807) is 11.8 Å². The third-order valence-electron chi connectivity index (χ3n) is 6.83. The average molecular weight is 429 g/mol. The van der Waals surface area contributed by atoms with Gasteiger partial charge in [0, 0.05) is 45.2 Å². The summed E-state index contributed by atoms with van der Waals surface area (Å²) in [6.45, 7) is 8.90. The molecular formula is C22H32N6OS. The van der Waals surface area contributed by atoms with Crippen LogP contribution in [-0.2, 0) is 0 Å². The fourth-order valence-electron chi connectivity index (χ4n) is 4.72. The number of rotatable bonds is 3. The molecule has 30 heavy (non-hydrogen) atoms. The van der Waals surface area contributed by atoms with Gasteiger partial charge >= 0.3 is 0 Å². The van der Waals surface area contributed by atoms with Crippen LogP contribution in [-0.4, -0.2) is 94.2 Å². The van der Waals surface area contributed by atoms with Crippen LogP contribution in [0.25, 0.3) is 0 Å². The quantitative estimate of drug-likeness (QED) is 0.795. The van der Waals surface area contributed by atoms with Gasteiger partial charge in [0.2, 0.25) is 0 Å². The van der Waals surface area contributed by atoms with E-state index in [1.165, 1.54) is 11.1 Å². The molecule has 2 unspecified atom stereocenters. The van der Waals surface area contributed by atoms with Crippen molar-refractivity contribution in [3.05, 3.63) is 35.4 Å². The van der Waals surface area contributed by atoms with Crippen molar-refractivity contribution in [2.24, 2.45) is 16.0 Å². The van der Waals surface area contributed by atoms with E-state index in [-0.39, 0.29) is 12.3 Å². The number of hydrogen-bond donors (Lipinski definition) is 1. The van der Waals surface area contributed by atoms with Gasteiger partial charge in [-0.2, -0.15) is 0 Å². The Bertz CT molecular complexity index is 811. The fourth-order valence-corrected chi connectivity index (χ4v) is 5.74. The highest BCUT2D eigenvalue weighted by molar-refractivity contribution is 8.26. The molecule has 1 N–H and O–H groups in total. The van der Waals surface area contributed by atoms with E-state index in [0.717, 1.165) is 69.0 Å². The van der Waals surface area contributed by atoms with Crippen molar-refractivity contribution in [3.8, 4) is 0 Å². The number of aryl methyl sites for hydroxylation is 1. The minimum absolute atomic E-state index is 0.183.